The molecule has 0 heterocycles. The van der Waals surface area contributed by atoms with Gasteiger partial charge in [-0.2, -0.15) is 0 Å². The van der Waals surface area contributed by atoms with Crippen molar-refractivity contribution < 1.29 is 47.1 Å². The van der Waals surface area contributed by atoms with E-state index in [1.54, 1.807) is 30.3 Å². The third-order valence-corrected chi connectivity index (χ3v) is 1.52. The maximum absolute atomic E-state index is 11.0. The van der Waals surface area contributed by atoms with Crippen LogP contribution in [0, 0.1) is 0 Å². The number of benzene rings is 1. The summed E-state index contributed by atoms with van der Waals surface area (Å²) < 4.78 is 4.86. The number of hydrogen-bond donors (Lipinski definition) is 1. The van der Waals surface area contributed by atoms with E-state index in [1.807, 2.05) is 0 Å². The van der Waals surface area contributed by atoms with Crippen LogP contribution in [0.2, 0.25) is 0 Å². The fraction of sp³-hybridized carbons (Fsp3) is 0.200. The van der Waals surface area contributed by atoms with Gasteiger partial charge >= 0.3 is 11.9 Å². The molecule has 0 atom stereocenters. The van der Waals surface area contributed by atoms with E-state index in [0.717, 1.165) is 0 Å². The van der Waals surface area contributed by atoms with Gasteiger partial charge in [-0.25, -0.2) is 0 Å². The molecule has 0 fully saturated rings. The van der Waals surface area contributed by atoms with Crippen molar-refractivity contribution in [2.24, 2.45) is 0 Å². The minimum Gasteiger partial charge on any atom is -0.481 e. The van der Waals surface area contributed by atoms with E-state index in [0.29, 0.717) is 5.75 Å². The van der Waals surface area contributed by atoms with Gasteiger partial charge in [-0.3, -0.25) is 9.59 Å². The summed E-state index contributed by atoms with van der Waals surface area (Å²) in [6.07, 6.45) is -0.310. The molecule has 1 N–H and O–H groups in total. The van der Waals surface area contributed by atoms with E-state index >= 15 is 0 Å². The zero-order chi connectivity index (χ0) is 10.4. The first kappa shape index (κ1) is 14.1. The molecule has 0 bridgehead atoms. The molecule has 0 unspecified atom stereocenters. The zero-order valence-electron chi connectivity index (χ0n) is 8.18. The summed E-state index contributed by atoms with van der Waals surface area (Å²) >= 11 is 0. The normalized spacial score (nSPS) is 8.80. The Morgan fingerprint density at radius 2 is 1.73 bits per heavy atom. The van der Waals surface area contributed by atoms with Gasteiger partial charge in [0.1, 0.15) is 5.75 Å². The maximum Gasteiger partial charge on any atom is 0.311 e. The Morgan fingerprint density at radius 1 is 1.13 bits per heavy atom. The van der Waals surface area contributed by atoms with Crippen LogP contribution in [0.3, 0.4) is 0 Å². The smallest absolute Gasteiger partial charge is 0.311 e. The number of carbonyl (C=O) groups is 2. The SMILES string of the molecule is O=C(O)CCC(=O)Oc1ccccc1.[Hg]. The monoisotopic (exact) mass is 396 g/mol. The third-order valence-electron chi connectivity index (χ3n) is 1.52. The average molecular weight is 395 g/mol. The Bertz CT molecular complexity index is 323. The minimum atomic E-state index is -1.00. The van der Waals surface area contributed by atoms with Gasteiger partial charge in [0.15, 0.2) is 0 Å². The molecule has 4 nitrogen and oxygen atoms in total. The molecule has 1 aromatic carbocycles. The standard InChI is InChI=1S/C10H10O4.Hg/c11-9(12)6-7-10(13)14-8-4-2-1-3-5-8;/h1-5H,6-7H2,(H,11,12);. The number of carboxylic acids is 1. The first-order valence-corrected chi connectivity index (χ1v) is 4.16. The molecule has 1 aromatic rings. The van der Waals surface area contributed by atoms with Gasteiger partial charge in [0.05, 0.1) is 12.8 Å². The predicted molar refractivity (Wildman–Crippen MR) is 48.9 cm³/mol. The van der Waals surface area contributed by atoms with Gasteiger partial charge in [0, 0.05) is 27.7 Å². The molecule has 0 aromatic heterocycles. The Hall–Kier alpha value is -0.905. The van der Waals surface area contributed by atoms with Gasteiger partial charge in [0.2, 0.25) is 0 Å². The third kappa shape index (κ3) is 6.22. The summed E-state index contributed by atoms with van der Waals surface area (Å²) in [6.45, 7) is 0. The van der Waals surface area contributed by atoms with E-state index in [-0.39, 0.29) is 40.5 Å². The molecule has 0 radical (unpaired) electrons. The van der Waals surface area contributed by atoms with Crippen LogP contribution in [0.5, 0.6) is 5.75 Å². The number of carbonyl (C=O) groups excluding carboxylic acids is 1. The van der Waals surface area contributed by atoms with Crippen molar-refractivity contribution in [2.75, 3.05) is 0 Å². The Balaban J connectivity index is 0.00000196. The summed E-state index contributed by atoms with van der Waals surface area (Å²) in [5.41, 5.74) is 0. The number of aliphatic carboxylic acids is 1. The van der Waals surface area contributed by atoms with E-state index < -0.39 is 11.9 Å². The maximum atomic E-state index is 11.0. The second kappa shape index (κ2) is 7.40. The van der Waals surface area contributed by atoms with E-state index in [4.69, 9.17) is 9.84 Å². The van der Waals surface area contributed by atoms with E-state index in [1.165, 1.54) is 0 Å². The molecule has 0 aliphatic heterocycles. The molecular weight excluding hydrogens is 385 g/mol. The number of rotatable bonds is 4. The Labute approximate surface area is 108 Å². The van der Waals surface area contributed by atoms with Gasteiger partial charge in [-0.15, -0.1) is 0 Å². The fourth-order valence-corrected chi connectivity index (χ4v) is 0.880. The van der Waals surface area contributed by atoms with Gasteiger partial charge in [-0.1, -0.05) is 18.2 Å². The summed E-state index contributed by atoms with van der Waals surface area (Å²) in [6, 6.07) is 8.55. The van der Waals surface area contributed by atoms with Crippen molar-refractivity contribution in [1.29, 1.82) is 0 Å². The van der Waals surface area contributed by atoms with Crippen LogP contribution in [0.4, 0.5) is 0 Å². The second-order valence-corrected chi connectivity index (χ2v) is 2.68. The molecule has 0 aliphatic rings. The molecule has 0 spiro atoms. The molecule has 1 rings (SSSR count). The summed E-state index contributed by atoms with van der Waals surface area (Å²) in [5.74, 6) is -1.10. The molecule has 5 heteroatoms. The van der Waals surface area contributed by atoms with Crippen LogP contribution in [-0.4, -0.2) is 17.0 Å². The fourth-order valence-electron chi connectivity index (χ4n) is 0.880. The second-order valence-electron chi connectivity index (χ2n) is 2.68. The van der Waals surface area contributed by atoms with Gasteiger partial charge < -0.3 is 9.84 Å². The summed E-state index contributed by atoms with van der Waals surface area (Å²) in [4.78, 5) is 21.2. The van der Waals surface area contributed by atoms with Crippen molar-refractivity contribution in [2.45, 2.75) is 12.8 Å². The van der Waals surface area contributed by atoms with Crippen LogP contribution < -0.4 is 4.74 Å². The van der Waals surface area contributed by atoms with Crippen molar-refractivity contribution >= 4 is 11.9 Å². The van der Waals surface area contributed by atoms with Crippen LogP contribution in [0.25, 0.3) is 0 Å². The largest absolute Gasteiger partial charge is 0.481 e. The van der Waals surface area contributed by atoms with E-state index in [9.17, 15) is 9.59 Å². The summed E-state index contributed by atoms with van der Waals surface area (Å²) in [5, 5.41) is 8.32. The number of hydrogen-bond acceptors (Lipinski definition) is 3. The topological polar surface area (TPSA) is 63.6 Å². The Morgan fingerprint density at radius 3 is 2.27 bits per heavy atom. The van der Waals surface area contributed by atoms with Gasteiger partial charge in [0.25, 0.3) is 0 Å². The van der Waals surface area contributed by atoms with Crippen LogP contribution in [0.1, 0.15) is 12.8 Å². The first-order valence-electron chi connectivity index (χ1n) is 4.16. The molecule has 0 aliphatic carbocycles. The summed E-state index contributed by atoms with van der Waals surface area (Å²) in [7, 11) is 0. The first-order chi connectivity index (χ1) is 6.68. The van der Waals surface area contributed by atoms with Crippen molar-refractivity contribution in [3.05, 3.63) is 30.3 Å². The molecule has 76 valence electrons. The van der Waals surface area contributed by atoms with Crippen molar-refractivity contribution in [1.82, 2.24) is 0 Å². The van der Waals surface area contributed by atoms with Crippen LogP contribution >= 0.6 is 0 Å². The average Bonchev–Trinajstić information content (AvgIpc) is 2.16. The van der Waals surface area contributed by atoms with Crippen molar-refractivity contribution in [3.63, 3.8) is 0 Å². The number of carboxylic acid groups (broad SMARTS) is 1. The minimum absolute atomic E-state index is 0. The zero-order valence-corrected chi connectivity index (χ0v) is 13.7. The molecule has 0 saturated heterocycles. The molecule has 0 saturated carbocycles. The van der Waals surface area contributed by atoms with Crippen LogP contribution in [-0.2, 0) is 37.3 Å². The van der Waals surface area contributed by atoms with Crippen LogP contribution in [0.15, 0.2) is 30.3 Å². The van der Waals surface area contributed by atoms with E-state index in [2.05, 4.69) is 0 Å². The predicted octanol–water partition coefficient (Wildman–Crippen LogP) is 1.45. The Kier molecular flexibility index (Phi) is 6.95. The van der Waals surface area contributed by atoms with Gasteiger partial charge in [-0.05, 0) is 12.1 Å². The number of ether oxygens (including phenoxy) is 1. The number of para-hydroxylation sites is 1. The van der Waals surface area contributed by atoms with Crippen molar-refractivity contribution in [3.8, 4) is 5.75 Å². The quantitative estimate of drug-likeness (QED) is 0.477. The number of esters is 1. The molecule has 0 amide bonds. The molecule has 15 heavy (non-hydrogen) atoms. The molecular formula is C10H10HgO4.